The molecule has 146 valence electrons. The summed E-state index contributed by atoms with van der Waals surface area (Å²) in [6.07, 6.45) is 2.33. The average molecular weight is 382 g/mol. The van der Waals surface area contributed by atoms with Crippen molar-refractivity contribution in [1.29, 1.82) is 5.26 Å². The monoisotopic (exact) mass is 382 g/mol. The fourth-order valence-corrected chi connectivity index (χ4v) is 2.37. The number of amides is 1. The molecular formula is C22H23FN2O3. The molecule has 0 saturated heterocycles. The standard InChI is InChI=1S/C22H23FN2O3/c1-15(2)10-11-28-20-9-8-16(13-21(20)27-3)12-17(14-24)22(26)25-19-7-5-4-6-18(19)23/h4-9,12-13,15H,10-11H2,1-3H3,(H,25,26)/b17-12+. The van der Waals surface area contributed by atoms with Gasteiger partial charge in [0.25, 0.3) is 5.91 Å². The summed E-state index contributed by atoms with van der Waals surface area (Å²) >= 11 is 0. The lowest BCUT2D eigenvalue weighted by Crippen LogP contribution is -2.14. The molecule has 5 nitrogen and oxygen atoms in total. The number of nitrogens with one attached hydrogen (secondary N) is 1. The molecule has 6 heteroatoms. The van der Waals surface area contributed by atoms with Crippen LogP contribution >= 0.6 is 0 Å². The fourth-order valence-electron chi connectivity index (χ4n) is 2.37. The van der Waals surface area contributed by atoms with Crippen molar-refractivity contribution in [3.63, 3.8) is 0 Å². The Hall–Kier alpha value is -3.33. The average Bonchev–Trinajstić information content (AvgIpc) is 2.68. The third-order valence-corrected chi connectivity index (χ3v) is 3.94. The molecule has 0 heterocycles. The summed E-state index contributed by atoms with van der Waals surface area (Å²) in [5.41, 5.74) is 0.451. The fraction of sp³-hybridized carbons (Fsp3) is 0.273. The van der Waals surface area contributed by atoms with E-state index in [0.29, 0.717) is 29.6 Å². The topological polar surface area (TPSA) is 71.3 Å². The molecule has 28 heavy (non-hydrogen) atoms. The first-order valence-electron chi connectivity index (χ1n) is 8.93. The summed E-state index contributed by atoms with van der Waals surface area (Å²) in [7, 11) is 1.52. The third-order valence-electron chi connectivity index (χ3n) is 3.94. The SMILES string of the molecule is COc1cc(/C=C(\C#N)C(=O)Nc2ccccc2F)ccc1OCCC(C)C. The van der Waals surface area contributed by atoms with Crippen molar-refractivity contribution in [1.82, 2.24) is 0 Å². The van der Waals surface area contributed by atoms with Crippen molar-refractivity contribution >= 4 is 17.7 Å². The molecule has 0 unspecified atom stereocenters. The van der Waals surface area contributed by atoms with E-state index in [1.54, 1.807) is 24.3 Å². The highest BCUT2D eigenvalue weighted by molar-refractivity contribution is 6.09. The van der Waals surface area contributed by atoms with Crippen molar-refractivity contribution < 1.29 is 18.7 Å². The van der Waals surface area contributed by atoms with Crippen molar-refractivity contribution in [2.75, 3.05) is 19.0 Å². The Morgan fingerprint density at radius 1 is 1.25 bits per heavy atom. The van der Waals surface area contributed by atoms with Gasteiger partial charge in [0.2, 0.25) is 0 Å². The van der Waals surface area contributed by atoms with Crippen molar-refractivity contribution in [3.05, 3.63) is 59.4 Å². The van der Waals surface area contributed by atoms with Crippen molar-refractivity contribution in [3.8, 4) is 17.6 Å². The van der Waals surface area contributed by atoms with E-state index >= 15 is 0 Å². The summed E-state index contributed by atoms with van der Waals surface area (Å²) in [6, 6.07) is 12.7. The van der Waals surface area contributed by atoms with Crippen LogP contribution in [0.1, 0.15) is 25.8 Å². The number of hydrogen-bond acceptors (Lipinski definition) is 4. The van der Waals surface area contributed by atoms with Crippen LogP contribution in [0.2, 0.25) is 0 Å². The lowest BCUT2D eigenvalue weighted by Gasteiger charge is -2.12. The van der Waals surface area contributed by atoms with Gasteiger partial charge in [-0.15, -0.1) is 0 Å². The van der Waals surface area contributed by atoms with E-state index in [1.807, 2.05) is 6.07 Å². The predicted molar refractivity (Wildman–Crippen MR) is 107 cm³/mol. The zero-order chi connectivity index (χ0) is 20.5. The number of carbonyl (C=O) groups is 1. The van der Waals surface area contributed by atoms with Crippen LogP contribution in [0.15, 0.2) is 48.0 Å². The van der Waals surface area contributed by atoms with E-state index < -0.39 is 11.7 Å². The first-order chi connectivity index (χ1) is 13.4. The molecule has 0 aliphatic rings. The van der Waals surface area contributed by atoms with E-state index in [4.69, 9.17) is 9.47 Å². The molecule has 2 rings (SSSR count). The summed E-state index contributed by atoms with van der Waals surface area (Å²) in [5, 5.41) is 11.7. The van der Waals surface area contributed by atoms with Crippen LogP contribution in [-0.2, 0) is 4.79 Å². The number of benzene rings is 2. The Bertz CT molecular complexity index is 901. The van der Waals surface area contributed by atoms with Gasteiger partial charge in [0.15, 0.2) is 11.5 Å². The molecule has 2 aromatic rings. The molecule has 0 radical (unpaired) electrons. The lowest BCUT2D eigenvalue weighted by atomic mass is 10.1. The van der Waals surface area contributed by atoms with Crippen LogP contribution in [0.4, 0.5) is 10.1 Å². The van der Waals surface area contributed by atoms with E-state index in [9.17, 15) is 14.4 Å². The zero-order valence-corrected chi connectivity index (χ0v) is 16.2. The Kier molecular flexibility index (Phi) is 7.58. The predicted octanol–water partition coefficient (Wildman–Crippen LogP) is 4.80. The Morgan fingerprint density at radius 3 is 2.64 bits per heavy atom. The quantitative estimate of drug-likeness (QED) is 0.526. The highest BCUT2D eigenvalue weighted by Crippen LogP contribution is 2.29. The van der Waals surface area contributed by atoms with Gasteiger partial charge in [0, 0.05) is 0 Å². The highest BCUT2D eigenvalue weighted by atomic mass is 19.1. The molecule has 1 N–H and O–H groups in total. The van der Waals surface area contributed by atoms with E-state index in [-0.39, 0.29) is 11.3 Å². The third kappa shape index (κ3) is 5.85. The molecule has 0 fully saturated rings. The number of anilines is 1. The Balaban J connectivity index is 2.18. The zero-order valence-electron chi connectivity index (χ0n) is 16.2. The van der Waals surface area contributed by atoms with Gasteiger partial charge in [0.05, 0.1) is 19.4 Å². The van der Waals surface area contributed by atoms with Crippen LogP contribution in [0.25, 0.3) is 6.08 Å². The van der Waals surface area contributed by atoms with Crippen molar-refractivity contribution in [2.24, 2.45) is 5.92 Å². The minimum Gasteiger partial charge on any atom is -0.493 e. The minimum absolute atomic E-state index is 0.0140. The summed E-state index contributed by atoms with van der Waals surface area (Å²) in [4.78, 5) is 12.3. The summed E-state index contributed by atoms with van der Waals surface area (Å²) in [6.45, 7) is 4.80. The van der Waals surface area contributed by atoms with Gasteiger partial charge in [-0.05, 0) is 48.2 Å². The van der Waals surface area contributed by atoms with Gasteiger partial charge in [-0.25, -0.2) is 4.39 Å². The normalized spacial score (nSPS) is 11.1. The maximum absolute atomic E-state index is 13.7. The number of carbonyl (C=O) groups excluding carboxylic acids is 1. The second-order valence-electron chi connectivity index (χ2n) is 6.55. The lowest BCUT2D eigenvalue weighted by molar-refractivity contribution is -0.112. The maximum Gasteiger partial charge on any atom is 0.266 e. The first kappa shape index (κ1) is 21.0. The maximum atomic E-state index is 13.7. The number of hydrogen-bond donors (Lipinski definition) is 1. The molecule has 0 aromatic heterocycles. The van der Waals surface area contributed by atoms with Gasteiger partial charge < -0.3 is 14.8 Å². The largest absolute Gasteiger partial charge is 0.493 e. The van der Waals surface area contributed by atoms with Crippen LogP contribution in [0.3, 0.4) is 0 Å². The van der Waals surface area contributed by atoms with Crippen LogP contribution in [0, 0.1) is 23.1 Å². The molecule has 0 bridgehead atoms. The molecular weight excluding hydrogens is 359 g/mol. The Morgan fingerprint density at radius 2 is 2.00 bits per heavy atom. The van der Waals surface area contributed by atoms with Gasteiger partial charge in [0.1, 0.15) is 17.5 Å². The van der Waals surface area contributed by atoms with Crippen LogP contribution in [-0.4, -0.2) is 19.6 Å². The van der Waals surface area contributed by atoms with Crippen LogP contribution < -0.4 is 14.8 Å². The minimum atomic E-state index is -0.691. The number of halogens is 1. The number of para-hydroxylation sites is 1. The second-order valence-corrected chi connectivity index (χ2v) is 6.55. The van der Waals surface area contributed by atoms with Crippen molar-refractivity contribution in [2.45, 2.75) is 20.3 Å². The second kappa shape index (κ2) is 10.1. The number of rotatable bonds is 8. The smallest absolute Gasteiger partial charge is 0.266 e. The van der Waals surface area contributed by atoms with Gasteiger partial charge in [-0.2, -0.15) is 5.26 Å². The molecule has 0 spiro atoms. The molecule has 0 saturated carbocycles. The van der Waals surface area contributed by atoms with Gasteiger partial charge >= 0.3 is 0 Å². The molecule has 0 aliphatic carbocycles. The number of nitriles is 1. The van der Waals surface area contributed by atoms with Gasteiger partial charge in [-0.3, -0.25) is 4.79 Å². The molecule has 0 aliphatic heterocycles. The van der Waals surface area contributed by atoms with Gasteiger partial charge in [-0.1, -0.05) is 32.0 Å². The molecule has 0 atom stereocenters. The van der Waals surface area contributed by atoms with E-state index in [0.717, 1.165) is 6.42 Å². The highest BCUT2D eigenvalue weighted by Gasteiger charge is 2.13. The first-order valence-corrected chi connectivity index (χ1v) is 8.93. The molecule has 2 aromatic carbocycles. The Labute approximate surface area is 164 Å². The number of ether oxygens (including phenoxy) is 2. The molecule has 1 amide bonds. The number of nitrogens with zero attached hydrogens (tertiary/aromatic N) is 1. The summed E-state index contributed by atoms with van der Waals surface area (Å²) < 4.78 is 24.8. The summed E-state index contributed by atoms with van der Waals surface area (Å²) in [5.74, 6) is 0.361. The van der Waals surface area contributed by atoms with E-state index in [1.165, 1.54) is 31.4 Å². The van der Waals surface area contributed by atoms with E-state index in [2.05, 4.69) is 19.2 Å². The number of methoxy groups -OCH3 is 1. The van der Waals surface area contributed by atoms with Crippen LogP contribution in [0.5, 0.6) is 11.5 Å².